The highest BCUT2D eigenvalue weighted by atomic mass is 16.5. The third-order valence-electron chi connectivity index (χ3n) is 2.51. The van der Waals surface area contributed by atoms with Gasteiger partial charge < -0.3 is 20.5 Å². The maximum atomic E-state index is 11.4. The highest BCUT2D eigenvalue weighted by Gasteiger charge is 2.20. The molecule has 92 valence electrons. The van der Waals surface area contributed by atoms with E-state index in [4.69, 9.17) is 9.84 Å². The Morgan fingerprint density at radius 3 is 2.81 bits per heavy atom. The summed E-state index contributed by atoms with van der Waals surface area (Å²) in [6.45, 7) is 2.94. The molecule has 0 bridgehead atoms. The average molecular weight is 230 g/mol. The van der Waals surface area contributed by atoms with E-state index < -0.39 is 18.0 Å². The number of urea groups is 1. The Morgan fingerprint density at radius 1 is 1.56 bits per heavy atom. The summed E-state index contributed by atoms with van der Waals surface area (Å²) in [6.07, 6.45) is 2.16. The summed E-state index contributed by atoms with van der Waals surface area (Å²) in [7, 11) is 0. The molecule has 6 heteroatoms. The highest BCUT2D eigenvalue weighted by Crippen LogP contribution is 2.05. The maximum Gasteiger partial charge on any atom is 0.326 e. The fraction of sp³-hybridized carbons (Fsp3) is 0.800. The van der Waals surface area contributed by atoms with Crippen LogP contribution in [0.2, 0.25) is 0 Å². The molecule has 6 nitrogen and oxygen atoms in total. The zero-order valence-corrected chi connectivity index (χ0v) is 9.36. The molecule has 0 aliphatic carbocycles. The number of carboxylic acids is 1. The summed E-state index contributed by atoms with van der Waals surface area (Å²) in [4.78, 5) is 22.1. The first-order valence-electron chi connectivity index (χ1n) is 5.51. The van der Waals surface area contributed by atoms with Crippen LogP contribution >= 0.6 is 0 Å². The molecule has 2 atom stereocenters. The lowest BCUT2D eigenvalue weighted by molar-refractivity contribution is -0.139. The van der Waals surface area contributed by atoms with Crippen molar-refractivity contribution in [2.75, 3.05) is 13.2 Å². The number of hydrogen-bond donors (Lipinski definition) is 3. The number of rotatable bonds is 4. The molecular weight excluding hydrogens is 212 g/mol. The monoisotopic (exact) mass is 230 g/mol. The van der Waals surface area contributed by atoms with Crippen molar-refractivity contribution in [1.82, 2.24) is 10.6 Å². The number of carboxylic acid groups (broad SMARTS) is 1. The summed E-state index contributed by atoms with van der Waals surface area (Å²) in [5, 5.41) is 13.9. The number of amides is 2. The van der Waals surface area contributed by atoms with Crippen molar-refractivity contribution in [3.63, 3.8) is 0 Å². The van der Waals surface area contributed by atoms with Gasteiger partial charge in [0.1, 0.15) is 6.04 Å². The Labute approximate surface area is 94.3 Å². The molecule has 0 radical (unpaired) electrons. The first-order chi connectivity index (χ1) is 7.63. The quantitative estimate of drug-likeness (QED) is 0.649. The Kier molecular flexibility index (Phi) is 5.04. The van der Waals surface area contributed by atoms with Crippen LogP contribution in [0.15, 0.2) is 0 Å². The van der Waals surface area contributed by atoms with E-state index in [0.717, 1.165) is 19.4 Å². The second kappa shape index (κ2) is 6.32. The number of carbonyl (C=O) groups is 2. The van der Waals surface area contributed by atoms with Crippen molar-refractivity contribution in [3.8, 4) is 0 Å². The Hall–Kier alpha value is -1.30. The molecule has 0 spiro atoms. The molecule has 1 rings (SSSR count). The van der Waals surface area contributed by atoms with Crippen LogP contribution in [0.3, 0.4) is 0 Å². The average Bonchev–Trinajstić information content (AvgIpc) is 2.27. The molecule has 1 saturated heterocycles. The van der Waals surface area contributed by atoms with Crippen molar-refractivity contribution in [2.24, 2.45) is 0 Å². The van der Waals surface area contributed by atoms with Gasteiger partial charge in [-0.05, 0) is 19.3 Å². The Morgan fingerprint density at radius 2 is 2.31 bits per heavy atom. The molecule has 0 aromatic heterocycles. The summed E-state index contributed by atoms with van der Waals surface area (Å²) in [5.74, 6) is -1.02. The van der Waals surface area contributed by atoms with Gasteiger partial charge in [-0.3, -0.25) is 0 Å². The molecule has 1 fully saturated rings. The number of nitrogens with one attached hydrogen (secondary N) is 2. The molecule has 1 aliphatic rings. The van der Waals surface area contributed by atoms with Gasteiger partial charge in [0, 0.05) is 6.61 Å². The second-order valence-electron chi connectivity index (χ2n) is 3.83. The van der Waals surface area contributed by atoms with Crippen LogP contribution in [0.25, 0.3) is 0 Å². The summed E-state index contributed by atoms with van der Waals surface area (Å²) >= 11 is 0. The van der Waals surface area contributed by atoms with Crippen molar-refractivity contribution in [3.05, 3.63) is 0 Å². The van der Waals surface area contributed by atoms with Gasteiger partial charge in [-0.25, -0.2) is 9.59 Å². The lowest BCUT2D eigenvalue weighted by Gasteiger charge is -2.24. The van der Waals surface area contributed by atoms with Crippen molar-refractivity contribution in [1.29, 1.82) is 0 Å². The van der Waals surface area contributed by atoms with Crippen LogP contribution in [-0.4, -0.2) is 42.4 Å². The van der Waals surface area contributed by atoms with Gasteiger partial charge in [0.05, 0.1) is 12.6 Å². The highest BCUT2D eigenvalue weighted by molar-refractivity contribution is 5.82. The van der Waals surface area contributed by atoms with Gasteiger partial charge in [-0.15, -0.1) is 0 Å². The van der Waals surface area contributed by atoms with Crippen molar-refractivity contribution in [2.45, 2.75) is 38.3 Å². The van der Waals surface area contributed by atoms with Gasteiger partial charge in [-0.1, -0.05) is 6.92 Å². The third kappa shape index (κ3) is 4.06. The largest absolute Gasteiger partial charge is 0.480 e. The van der Waals surface area contributed by atoms with Gasteiger partial charge in [0.25, 0.3) is 0 Å². The first kappa shape index (κ1) is 12.8. The maximum absolute atomic E-state index is 11.4. The molecule has 0 saturated carbocycles. The number of aliphatic carboxylic acids is 1. The standard InChI is InChI=1S/C10H18N2O4/c1-2-8(9(13)14)12-10(15)11-7-4-3-5-16-6-7/h7-8H,2-6H2,1H3,(H,13,14)(H2,11,12,15)/t7?,8-/m1/s1. The molecule has 2 amide bonds. The van der Waals surface area contributed by atoms with E-state index >= 15 is 0 Å². The van der Waals surface area contributed by atoms with E-state index in [-0.39, 0.29) is 6.04 Å². The van der Waals surface area contributed by atoms with E-state index in [1.165, 1.54) is 0 Å². The predicted octanol–water partition coefficient (Wildman–Crippen LogP) is 0.328. The first-order valence-corrected chi connectivity index (χ1v) is 5.51. The van der Waals surface area contributed by atoms with E-state index in [1.807, 2.05) is 0 Å². The fourth-order valence-electron chi connectivity index (χ4n) is 1.58. The molecule has 16 heavy (non-hydrogen) atoms. The van der Waals surface area contributed by atoms with Crippen LogP contribution in [-0.2, 0) is 9.53 Å². The zero-order valence-electron chi connectivity index (χ0n) is 9.36. The minimum Gasteiger partial charge on any atom is -0.480 e. The number of ether oxygens (including phenoxy) is 1. The smallest absolute Gasteiger partial charge is 0.326 e. The van der Waals surface area contributed by atoms with Crippen LogP contribution in [0.5, 0.6) is 0 Å². The molecule has 3 N–H and O–H groups in total. The number of hydrogen-bond acceptors (Lipinski definition) is 3. The normalized spacial score (nSPS) is 22.2. The topological polar surface area (TPSA) is 87.7 Å². The van der Waals surface area contributed by atoms with Gasteiger partial charge in [0.15, 0.2) is 0 Å². The van der Waals surface area contributed by atoms with E-state index in [9.17, 15) is 9.59 Å². The van der Waals surface area contributed by atoms with Gasteiger partial charge in [0.2, 0.25) is 0 Å². The summed E-state index contributed by atoms with van der Waals surface area (Å²) in [6, 6.07) is -1.28. The minimum atomic E-state index is -1.02. The van der Waals surface area contributed by atoms with Gasteiger partial charge >= 0.3 is 12.0 Å². The second-order valence-corrected chi connectivity index (χ2v) is 3.83. The molecule has 1 aliphatic heterocycles. The third-order valence-corrected chi connectivity index (χ3v) is 2.51. The van der Waals surface area contributed by atoms with Gasteiger partial charge in [-0.2, -0.15) is 0 Å². The molecule has 0 aromatic carbocycles. The summed E-state index contributed by atoms with van der Waals surface area (Å²) in [5.41, 5.74) is 0. The lowest BCUT2D eigenvalue weighted by atomic mass is 10.1. The molecule has 1 unspecified atom stereocenters. The van der Waals surface area contributed by atoms with Crippen LogP contribution in [0.1, 0.15) is 26.2 Å². The Bertz CT molecular complexity index is 251. The number of carbonyl (C=O) groups excluding carboxylic acids is 1. The van der Waals surface area contributed by atoms with Crippen LogP contribution < -0.4 is 10.6 Å². The zero-order chi connectivity index (χ0) is 12.0. The SMILES string of the molecule is CC[C@@H](NC(=O)NC1CCCOC1)C(=O)O. The predicted molar refractivity (Wildman–Crippen MR) is 57.2 cm³/mol. The molecule has 1 heterocycles. The molecular formula is C10H18N2O4. The van der Waals surface area contributed by atoms with E-state index in [1.54, 1.807) is 6.92 Å². The Balaban J connectivity index is 2.31. The van der Waals surface area contributed by atoms with Crippen LogP contribution in [0.4, 0.5) is 4.79 Å². The minimum absolute atomic E-state index is 0.0138. The van der Waals surface area contributed by atoms with Crippen molar-refractivity contribution < 1.29 is 19.4 Å². The van der Waals surface area contributed by atoms with E-state index in [2.05, 4.69) is 10.6 Å². The molecule has 0 aromatic rings. The van der Waals surface area contributed by atoms with E-state index in [0.29, 0.717) is 13.0 Å². The summed E-state index contributed by atoms with van der Waals surface area (Å²) < 4.78 is 5.20. The lowest BCUT2D eigenvalue weighted by Crippen LogP contribution is -2.50. The fourth-order valence-corrected chi connectivity index (χ4v) is 1.58. The van der Waals surface area contributed by atoms with Crippen molar-refractivity contribution >= 4 is 12.0 Å². The van der Waals surface area contributed by atoms with Crippen LogP contribution in [0, 0.1) is 0 Å².